The number of nitrogens with zero attached hydrogens (tertiary/aromatic N) is 1. The van der Waals surface area contributed by atoms with Crippen LogP contribution in [0.3, 0.4) is 0 Å². The predicted molar refractivity (Wildman–Crippen MR) is 85.7 cm³/mol. The summed E-state index contributed by atoms with van der Waals surface area (Å²) in [5.41, 5.74) is 2.23. The highest BCUT2D eigenvalue weighted by Crippen LogP contribution is 2.22. The van der Waals surface area contributed by atoms with Crippen LogP contribution in [-0.4, -0.2) is 6.61 Å². The van der Waals surface area contributed by atoms with Gasteiger partial charge in [0.2, 0.25) is 0 Å². The zero-order chi connectivity index (χ0) is 15.1. The van der Waals surface area contributed by atoms with Gasteiger partial charge in [-0.1, -0.05) is 42.8 Å². The van der Waals surface area contributed by atoms with Crippen LogP contribution in [0.4, 0.5) is 0 Å². The first-order valence-corrected chi connectivity index (χ1v) is 7.47. The molecule has 0 amide bonds. The number of rotatable bonds is 6. The van der Waals surface area contributed by atoms with Crippen molar-refractivity contribution in [3.8, 4) is 11.8 Å². The Balaban J connectivity index is 1.91. The lowest BCUT2D eigenvalue weighted by atomic mass is 9.98. The van der Waals surface area contributed by atoms with Crippen LogP contribution in [0.5, 0.6) is 5.75 Å². The van der Waals surface area contributed by atoms with E-state index in [1.807, 2.05) is 42.5 Å². The fourth-order valence-corrected chi connectivity index (χ4v) is 2.28. The van der Waals surface area contributed by atoms with Gasteiger partial charge < -0.3 is 4.74 Å². The van der Waals surface area contributed by atoms with E-state index >= 15 is 0 Å². The molecule has 108 valence electrons. The van der Waals surface area contributed by atoms with Gasteiger partial charge in [-0.05, 0) is 41.8 Å². The third-order valence-corrected chi connectivity index (χ3v) is 3.66. The van der Waals surface area contributed by atoms with Crippen LogP contribution in [0.2, 0.25) is 5.02 Å². The van der Waals surface area contributed by atoms with Crippen molar-refractivity contribution in [1.29, 1.82) is 5.26 Å². The molecule has 0 aliphatic carbocycles. The predicted octanol–water partition coefficient (Wildman–Crippen LogP) is 4.98. The van der Waals surface area contributed by atoms with Gasteiger partial charge in [-0.2, -0.15) is 5.26 Å². The lowest BCUT2D eigenvalue weighted by molar-refractivity contribution is 0.305. The molecule has 0 saturated heterocycles. The second kappa shape index (κ2) is 7.71. The van der Waals surface area contributed by atoms with E-state index in [-0.39, 0.29) is 5.92 Å². The fraction of sp³-hybridized carbons (Fsp3) is 0.278. The quantitative estimate of drug-likeness (QED) is 0.753. The lowest BCUT2D eigenvalue weighted by Crippen LogP contribution is -2.04. The minimum atomic E-state index is -0.170. The second-order valence-corrected chi connectivity index (χ2v) is 5.31. The van der Waals surface area contributed by atoms with Gasteiger partial charge in [-0.25, -0.2) is 0 Å². The van der Waals surface area contributed by atoms with Crippen molar-refractivity contribution in [1.82, 2.24) is 0 Å². The largest absolute Gasteiger partial charge is 0.494 e. The van der Waals surface area contributed by atoms with E-state index < -0.39 is 0 Å². The first-order valence-electron chi connectivity index (χ1n) is 7.09. The summed E-state index contributed by atoms with van der Waals surface area (Å²) in [5.74, 6) is 0.693. The molecule has 0 saturated carbocycles. The van der Waals surface area contributed by atoms with E-state index in [4.69, 9.17) is 16.3 Å². The van der Waals surface area contributed by atoms with Gasteiger partial charge in [0.05, 0.1) is 18.6 Å². The van der Waals surface area contributed by atoms with E-state index in [2.05, 4.69) is 19.1 Å². The number of hydrogen-bond donors (Lipinski definition) is 0. The first kappa shape index (κ1) is 15.4. The summed E-state index contributed by atoms with van der Waals surface area (Å²) in [6.07, 6.45) is 1.65. The molecule has 0 fully saturated rings. The van der Waals surface area contributed by atoms with E-state index in [0.29, 0.717) is 18.1 Å². The molecule has 21 heavy (non-hydrogen) atoms. The Morgan fingerprint density at radius 3 is 2.62 bits per heavy atom. The number of ether oxygens (including phenoxy) is 1. The summed E-state index contributed by atoms with van der Waals surface area (Å²) in [6, 6.07) is 17.8. The lowest BCUT2D eigenvalue weighted by Gasteiger charge is -2.11. The molecule has 2 aromatic carbocycles. The average Bonchev–Trinajstić information content (AvgIpc) is 2.53. The Labute approximate surface area is 130 Å². The summed E-state index contributed by atoms with van der Waals surface area (Å²) >= 11 is 5.86. The van der Waals surface area contributed by atoms with Gasteiger partial charge in [0.1, 0.15) is 5.75 Å². The molecule has 2 aromatic rings. The number of aryl methyl sites for hydroxylation is 1. The molecule has 0 aromatic heterocycles. The van der Waals surface area contributed by atoms with Crippen LogP contribution in [0.25, 0.3) is 0 Å². The van der Waals surface area contributed by atoms with Crippen molar-refractivity contribution in [3.05, 3.63) is 64.7 Å². The van der Waals surface area contributed by atoms with Gasteiger partial charge in [0, 0.05) is 11.4 Å². The Morgan fingerprint density at radius 1 is 1.19 bits per heavy atom. The van der Waals surface area contributed by atoms with Crippen LogP contribution in [-0.2, 0) is 6.42 Å². The third kappa shape index (κ3) is 4.51. The van der Waals surface area contributed by atoms with Crippen molar-refractivity contribution in [2.24, 2.45) is 0 Å². The zero-order valence-corrected chi connectivity index (χ0v) is 12.8. The van der Waals surface area contributed by atoms with E-state index in [1.54, 1.807) is 0 Å². The number of hydrogen-bond acceptors (Lipinski definition) is 2. The van der Waals surface area contributed by atoms with E-state index in [1.165, 1.54) is 5.56 Å². The van der Waals surface area contributed by atoms with Gasteiger partial charge in [0.15, 0.2) is 0 Å². The summed E-state index contributed by atoms with van der Waals surface area (Å²) in [7, 11) is 0. The van der Waals surface area contributed by atoms with Crippen molar-refractivity contribution in [3.63, 3.8) is 0 Å². The van der Waals surface area contributed by atoms with Crippen LogP contribution >= 0.6 is 11.6 Å². The molecule has 1 unspecified atom stereocenters. The van der Waals surface area contributed by atoms with Gasteiger partial charge >= 0.3 is 0 Å². The molecular weight excluding hydrogens is 282 g/mol. The van der Waals surface area contributed by atoms with Gasteiger partial charge in [0.25, 0.3) is 0 Å². The van der Waals surface area contributed by atoms with Crippen LogP contribution in [0.15, 0.2) is 48.5 Å². The Hall–Kier alpha value is -1.98. The molecule has 3 heteroatoms. The maximum atomic E-state index is 9.29. The van der Waals surface area contributed by atoms with Crippen LogP contribution in [0.1, 0.15) is 30.4 Å². The molecule has 0 bridgehead atoms. The third-order valence-electron chi connectivity index (χ3n) is 3.41. The van der Waals surface area contributed by atoms with Gasteiger partial charge in [-0.3, -0.25) is 0 Å². The molecule has 0 heterocycles. The molecule has 2 rings (SSSR count). The fourth-order valence-electron chi connectivity index (χ4n) is 2.15. The van der Waals surface area contributed by atoms with Crippen molar-refractivity contribution in [2.75, 3.05) is 6.61 Å². The summed E-state index contributed by atoms with van der Waals surface area (Å²) < 4.78 is 5.75. The molecule has 1 atom stereocenters. The zero-order valence-electron chi connectivity index (χ0n) is 12.1. The molecular formula is C18H18ClNO. The Bertz CT molecular complexity index is 616. The number of benzene rings is 2. The highest BCUT2D eigenvalue weighted by atomic mass is 35.5. The molecule has 0 N–H and O–H groups in total. The van der Waals surface area contributed by atoms with Gasteiger partial charge in [-0.15, -0.1) is 0 Å². The maximum Gasteiger partial charge on any atom is 0.119 e. The second-order valence-electron chi connectivity index (χ2n) is 4.87. The summed E-state index contributed by atoms with van der Waals surface area (Å²) in [6.45, 7) is 2.64. The van der Waals surface area contributed by atoms with Crippen molar-refractivity contribution >= 4 is 11.6 Å². The van der Waals surface area contributed by atoms with Crippen LogP contribution in [0, 0.1) is 11.3 Å². The van der Waals surface area contributed by atoms with Crippen molar-refractivity contribution in [2.45, 2.75) is 25.7 Å². The maximum absolute atomic E-state index is 9.29. The summed E-state index contributed by atoms with van der Waals surface area (Å²) in [5, 5.41) is 9.97. The molecule has 0 aliphatic rings. The average molecular weight is 300 g/mol. The monoisotopic (exact) mass is 299 g/mol. The number of halogens is 1. The molecule has 0 spiro atoms. The van der Waals surface area contributed by atoms with E-state index in [0.717, 1.165) is 17.7 Å². The smallest absolute Gasteiger partial charge is 0.119 e. The molecule has 0 radical (unpaired) electrons. The summed E-state index contributed by atoms with van der Waals surface area (Å²) in [4.78, 5) is 0. The first-order chi connectivity index (χ1) is 10.2. The Morgan fingerprint density at radius 2 is 1.95 bits per heavy atom. The molecule has 0 aliphatic heterocycles. The minimum absolute atomic E-state index is 0.170. The topological polar surface area (TPSA) is 33.0 Å². The normalized spacial score (nSPS) is 11.7. The standard InChI is InChI=1S/C18H18ClNO/c1-2-14-4-3-5-18(12-14)21-11-10-16(13-20)15-6-8-17(19)9-7-15/h3-9,12,16H,2,10-11H2,1H3. The minimum Gasteiger partial charge on any atom is -0.494 e. The highest BCUT2D eigenvalue weighted by Gasteiger charge is 2.10. The SMILES string of the molecule is CCc1cccc(OCCC(C#N)c2ccc(Cl)cc2)c1. The van der Waals surface area contributed by atoms with Crippen LogP contribution < -0.4 is 4.74 Å². The Kier molecular flexibility index (Phi) is 5.66. The van der Waals surface area contributed by atoms with E-state index in [9.17, 15) is 5.26 Å². The number of nitriles is 1. The highest BCUT2D eigenvalue weighted by molar-refractivity contribution is 6.30. The van der Waals surface area contributed by atoms with Crippen molar-refractivity contribution < 1.29 is 4.74 Å². The molecule has 2 nitrogen and oxygen atoms in total.